The fraction of sp³-hybridized carbons (Fsp3) is 0.351. The molecule has 2 aliphatic rings. The van der Waals surface area contributed by atoms with Crippen molar-refractivity contribution in [2.45, 2.75) is 62.5 Å². The van der Waals surface area contributed by atoms with E-state index in [1.807, 2.05) is 66.7 Å². The van der Waals surface area contributed by atoms with Crippen LogP contribution in [0, 0.1) is 0 Å². The molecule has 1 fully saturated rings. The van der Waals surface area contributed by atoms with Gasteiger partial charge in [-0.05, 0) is 47.1 Å². The molecule has 3 aromatic carbocycles. The van der Waals surface area contributed by atoms with Crippen molar-refractivity contribution in [2.75, 3.05) is 19.9 Å². The van der Waals surface area contributed by atoms with Crippen LogP contribution in [0.5, 0.6) is 0 Å². The number of carbonyl (C=O) groups is 6. The number of carbonyl (C=O) groups excluding carboxylic acids is 5. The number of ketones is 2. The summed E-state index contributed by atoms with van der Waals surface area (Å²) in [6.45, 7) is -0.495. The second-order valence-corrected chi connectivity index (χ2v) is 12.2. The van der Waals surface area contributed by atoms with Crippen LogP contribution >= 0.6 is 0 Å². The van der Waals surface area contributed by atoms with Crippen LogP contribution in [-0.4, -0.2) is 72.1 Å². The van der Waals surface area contributed by atoms with Crippen molar-refractivity contribution >= 4 is 35.4 Å². The fourth-order valence-electron chi connectivity index (χ4n) is 5.81. The Morgan fingerprint density at radius 1 is 0.755 bits per heavy atom. The molecule has 0 unspecified atom stereocenters. The highest BCUT2D eigenvalue weighted by Crippen LogP contribution is 2.44. The predicted molar refractivity (Wildman–Crippen MR) is 177 cm³/mol. The minimum absolute atomic E-state index is 0.105. The van der Waals surface area contributed by atoms with Crippen molar-refractivity contribution in [3.63, 3.8) is 0 Å². The molecule has 49 heavy (non-hydrogen) atoms. The van der Waals surface area contributed by atoms with Gasteiger partial charge in [0, 0.05) is 31.6 Å². The van der Waals surface area contributed by atoms with Gasteiger partial charge >= 0.3 is 12.1 Å². The van der Waals surface area contributed by atoms with E-state index in [4.69, 9.17) is 14.6 Å². The second kappa shape index (κ2) is 16.2. The highest BCUT2D eigenvalue weighted by molar-refractivity contribution is 5.93. The zero-order valence-corrected chi connectivity index (χ0v) is 26.9. The summed E-state index contributed by atoms with van der Waals surface area (Å²) in [5.41, 5.74) is 3.89. The van der Waals surface area contributed by atoms with Gasteiger partial charge in [0.15, 0.2) is 17.2 Å². The number of rotatable bonds is 18. The van der Waals surface area contributed by atoms with Crippen LogP contribution in [0.2, 0.25) is 0 Å². The molecule has 0 aliphatic heterocycles. The summed E-state index contributed by atoms with van der Waals surface area (Å²) < 4.78 is 10.7. The molecule has 1 saturated carbocycles. The Balaban J connectivity index is 1.04. The molecule has 4 N–H and O–H groups in total. The van der Waals surface area contributed by atoms with Gasteiger partial charge in [-0.25, -0.2) is 9.59 Å². The van der Waals surface area contributed by atoms with E-state index in [9.17, 15) is 28.8 Å². The molecule has 12 nitrogen and oxygen atoms in total. The molecule has 0 bridgehead atoms. The van der Waals surface area contributed by atoms with Crippen molar-refractivity contribution < 1.29 is 43.3 Å². The van der Waals surface area contributed by atoms with E-state index < -0.39 is 35.5 Å². The molecule has 256 valence electrons. The Hall–Kier alpha value is -5.36. The highest BCUT2D eigenvalue weighted by Gasteiger charge is 2.52. The maximum atomic E-state index is 13.1. The van der Waals surface area contributed by atoms with Gasteiger partial charge in [0.2, 0.25) is 11.8 Å². The van der Waals surface area contributed by atoms with Crippen LogP contribution in [0.15, 0.2) is 78.9 Å². The van der Waals surface area contributed by atoms with Crippen LogP contribution in [0.25, 0.3) is 11.1 Å². The fourth-order valence-corrected chi connectivity index (χ4v) is 5.81. The predicted octanol–water partition coefficient (Wildman–Crippen LogP) is 3.66. The molecule has 12 heteroatoms. The van der Waals surface area contributed by atoms with Gasteiger partial charge in [0.1, 0.15) is 13.3 Å². The lowest BCUT2D eigenvalue weighted by Gasteiger charge is -2.18. The third-order valence-electron chi connectivity index (χ3n) is 8.72. The number of ether oxygens (including phenoxy) is 2. The number of aliphatic carboxylic acids is 1. The van der Waals surface area contributed by atoms with Gasteiger partial charge < -0.3 is 30.5 Å². The van der Waals surface area contributed by atoms with Crippen LogP contribution in [0.4, 0.5) is 4.79 Å². The summed E-state index contributed by atoms with van der Waals surface area (Å²) in [5.74, 6) is -2.97. The Kier molecular flexibility index (Phi) is 11.5. The first-order chi connectivity index (χ1) is 23.6. The summed E-state index contributed by atoms with van der Waals surface area (Å²) in [6.07, 6.45) is -0.516. The van der Waals surface area contributed by atoms with E-state index >= 15 is 0 Å². The number of amides is 3. The third kappa shape index (κ3) is 9.38. The van der Waals surface area contributed by atoms with Gasteiger partial charge in [-0.2, -0.15) is 0 Å². The van der Waals surface area contributed by atoms with Crippen LogP contribution in [0.3, 0.4) is 0 Å². The van der Waals surface area contributed by atoms with E-state index in [0.717, 1.165) is 27.8 Å². The summed E-state index contributed by atoms with van der Waals surface area (Å²) in [6, 6.07) is 24.0. The summed E-state index contributed by atoms with van der Waals surface area (Å²) in [4.78, 5) is 74.3. The lowest BCUT2D eigenvalue weighted by Crippen LogP contribution is -2.43. The number of alkyl carbamates (subject to hydrolysis) is 1. The molecular formula is C37H39N3O9. The third-order valence-corrected chi connectivity index (χ3v) is 8.72. The van der Waals surface area contributed by atoms with Gasteiger partial charge in [0.05, 0.1) is 12.6 Å². The molecule has 0 aromatic heterocycles. The molecule has 0 radical (unpaired) electrons. The SMILES string of the molecule is O=C(CCC(=O)N[C@@H](Cc1ccccc1)C(=O)CCC(=O)NCOC1(C(=O)O)CC1)CNC(=O)OCC1c2ccccc2-c2ccccc21. The van der Waals surface area contributed by atoms with Crippen molar-refractivity contribution in [2.24, 2.45) is 0 Å². The number of carboxylic acids is 1. The van der Waals surface area contributed by atoms with E-state index in [1.54, 1.807) is 12.1 Å². The standard InChI is InChI=1S/C37H39N3O9/c41-25(21-38-36(47)48-22-30-28-12-6-4-10-26(28)27-11-5-7-13-29(27)30)14-16-34(44)40-31(20-24-8-2-1-3-9-24)32(42)15-17-33(43)39-23-49-37(18-19-37)35(45)46/h1-13,30-31H,14-23H2,(H,38,47)(H,39,43)(H,40,44)(H,45,46)/t31-/m0/s1. The number of fused-ring (bicyclic) bond motifs is 3. The molecule has 1 atom stereocenters. The normalized spacial score (nSPS) is 14.4. The molecule has 0 spiro atoms. The maximum absolute atomic E-state index is 13.1. The smallest absolute Gasteiger partial charge is 0.407 e. The number of hydrogen-bond acceptors (Lipinski definition) is 8. The van der Waals surface area contributed by atoms with Gasteiger partial charge in [-0.1, -0.05) is 78.9 Å². The van der Waals surface area contributed by atoms with Crippen molar-refractivity contribution in [1.29, 1.82) is 0 Å². The number of benzene rings is 3. The van der Waals surface area contributed by atoms with Crippen LogP contribution in [0.1, 0.15) is 61.1 Å². The Morgan fingerprint density at radius 3 is 2.00 bits per heavy atom. The maximum Gasteiger partial charge on any atom is 0.407 e. The number of Topliss-reactive ketones (excluding diaryl/α,β-unsaturated/α-hetero) is 2. The van der Waals surface area contributed by atoms with Crippen LogP contribution in [-0.2, 0) is 39.9 Å². The molecule has 2 aliphatic carbocycles. The number of carboxylic acid groups (broad SMARTS) is 1. The van der Waals surface area contributed by atoms with Crippen molar-refractivity contribution in [3.8, 4) is 11.1 Å². The van der Waals surface area contributed by atoms with Gasteiger partial charge in [-0.3, -0.25) is 19.2 Å². The number of nitrogens with one attached hydrogen (secondary N) is 3. The monoisotopic (exact) mass is 669 g/mol. The van der Waals surface area contributed by atoms with Crippen molar-refractivity contribution in [1.82, 2.24) is 16.0 Å². The van der Waals surface area contributed by atoms with Gasteiger partial charge in [0.25, 0.3) is 0 Å². The second-order valence-electron chi connectivity index (χ2n) is 12.2. The van der Waals surface area contributed by atoms with E-state index in [0.29, 0.717) is 12.8 Å². The zero-order valence-electron chi connectivity index (χ0n) is 26.9. The Bertz CT molecular complexity index is 1660. The lowest BCUT2D eigenvalue weighted by molar-refractivity contribution is -0.155. The average Bonchev–Trinajstić information content (AvgIpc) is 3.84. The summed E-state index contributed by atoms with van der Waals surface area (Å²) >= 11 is 0. The van der Waals surface area contributed by atoms with E-state index in [1.165, 1.54) is 0 Å². The highest BCUT2D eigenvalue weighted by atomic mass is 16.6. The molecule has 3 amide bonds. The first-order valence-corrected chi connectivity index (χ1v) is 16.3. The first kappa shape index (κ1) is 35.0. The topological polar surface area (TPSA) is 177 Å². The minimum Gasteiger partial charge on any atom is -0.479 e. The average molecular weight is 670 g/mol. The zero-order chi connectivity index (χ0) is 34.8. The summed E-state index contributed by atoms with van der Waals surface area (Å²) in [5, 5.41) is 16.8. The Labute approximate surface area is 283 Å². The van der Waals surface area contributed by atoms with Crippen molar-refractivity contribution in [3.05, 3.63) is 95.6 Å². The molecule has 0 saturated heterocycles. The summed E-state index contributed by atoms with van der Waals surface area (Å²) in [7, 11) is 0. The van der Waals surface area contributed by atoms with Crippen LogP contribution < -0.4 is 16.0 Å². The molecule has 3 aromatic rings. The molecular weight excluding hydrogens is 630 g/mol. The Morgan fingerprint density at radius 2 is 1.37 bits per heavy atom. The molecule has 0 heterocycles. The first-order valence-electron chi connectivity index (χ1n) is 16.3. The molecule has 5 rings (SSSR count). The minimum atomic E-state index is -1.25. The quantitative estimate of drug-likeness (QED) is 0.147. The van der Waals surface area contributed by atoms with E-state index in [-0.39, 0.29) is 69.5 Å². The lowest BCUT2D eigenvalue weighted by atomic mass is 9.98. The largest absolute Gasteiger partial charge is 0.479 e. The van der Waals surface area contributed by atoms with E-state index in [2.05, 4.69) is 16.0 Å². The number of hydrogen-bond donors (Lipinski definition) is 4. The van der Waals surface area contributed by atoms with Gasteiger partial charge in [-0.15, -0.1) is 0 Å².